The standard InChI is InChI=1S/C11H19N3O2/c1-13(6-2-4-11(15)16)7-3-8-14-9-5-12-10-14/h5,9-10H,2-4,6-8H2,1H3,(H,15,16). The molecule has 1 N–H and O–H groups in total. The van der Waals surface area contributed by atoms with Crippen molar-refractivity contribution in [3.63, 3.8) is 0 Å². The number of hydrogen-bond acceptors (Lipinski definition) is 3. The fourth-order valence-electron chi connectivity index (χ4n) is 1.55. The van der Waals surface area contributed by atoms with Crippen LogP contribution in [0.5, 0.6) is 0 Å². The zero-order chi connectivity index (χ0) is 11.8. The molecule has 90 valence electrons. The first-order chi connectivity index (χ1) is 7.68. The molecule has 0 saturated carbocycles. The van der Waals surface area contributed by atoms with Crippen LogP contribution in [0.1, 0.15) is 19.3 Å². The Morgan fingerprint density at radius 2 is 2.19 bits per heavy atom. The number of carbonyl (C=O) groups is 1. The van der Waals surface area contributed by atoms with Crippen LogP contribution in [0.15, 0.2) is 18.7 Å². The van der Waals surface area contributed by atoms with Crippen molar-refractivity contribution in [3.05, 3.63) is 18.7 Å². The first-order valence-electron chi connectivity index (χ1n) is 5.54. The summed E-state index contributed by atoms with van der Waals surface area (Å²) >= 11 is 0. The minimum atomic E-state index is -0.716. The summed E-state index contributed by atoms with van der Waals surface area (Å²) in [7, 11) is 2.02. The molecule has 1 aromatic rings. The minimum absolute atomic E-state index is 0.256. The Labute approximate surface area is 95.7 Å². The third-order valence-electron chi connectivity index (χ3n) is 2.45. The number of aliphatic carboxylic acids is 1. The van der Waals surface area contributed by atoms with E-state index in [4.69, 9.17) is 5.11 Å². The van der Waals surface area contributed by atoms with Gasteiger partial charge in [-0.05, 0) is 33.0 Å². The molecule has 0 spiro atoms. The smallest absolute Gasteiger partial charge is 0.303 e. The molecule has 0 aliphatic rings. The summed E-state index contributed by atoms with van der Waals surface area (Å²) in [5.41, 5.74) is 0. The Balaban J connectivity index is 2.02. The van der Waals surface area contributed by atoms with E-state index in [-0.39, 0.29) is 6.42 Å². The molecule has 1 aromatic heterocycles. The average Bonchev–Trinajstić information content (AvgIpc) is 2.70. The van der Waals surface area contributed by atoms with Gasteiger partial charge in [0.1, 0.15) is 0 Å². The summed E-state index contributed by atoms with van der Waals surface area (Å²) in [6.07, 6.45) is 7.56. The molecule has 0 saturated heterocycles. The van der Waals surface area contributed by atoms with E-state index >= 15 is 0 Å². The monoisotopic (exact) mass is 225 g/mol. The number of nitrogens with zero attached hydrogens (tertiary/aromatic N) is 3. The molecule has 5 nitrogen and oxygen atoms in total. The highest BCUT2D eigenvalue weighted by molar-refractivity contribution is 5.66. The number of aromatic nitrogens is 2. The Kier molecular flexibility index (Phi) is 5.56. The lowest BCUT2D eigenvalue weighted by Crippen LogP contribution is -2.22. The minimum Gasteiger partial charge on any atom is -0.481 e. The van der Waals surface area contributed by atoms with Gasteiger partial charge in [-0.15, -0.1) is 0 Å². The molecule has 1 rings (SSSR count). The van der Waals surface area contributed by atoms with Gasteiger partial charge in [0.15, 0.2) is 0 Å². The van der Waals surface area contributed by atoms with Crippen LogP contribution in [-0.4, -0.2) is 45.7 Å². The molecule has 0 fully saturated rings. The fourth-order valence-corrected chi connectivity index (χ4v) is 1.55. The van der Waals surface area contributed by atoms with Crippen LogP contribution in [0.4, 0.5) is 0 Å². The molecule has 0 aromatic carbocycles. The summed E-state index contributed by atoms with van der Waals surface area (Å²) in [6, 6.07) is 0. The van der Waals surface area contributed by atoms with E-state index in [1.807, 2.05) is 24.1 Å². The second kappa shape index (κ2) is 7.00. The van der Waals surface area contributed by atoms with Crippen molar-refractivity contribution in [3.8, 4) is 0 Å². The predicted octanol–water partition coefficient (Wildman–Crippen LogP) is 1.07. The average molecular weight is 225 g/mol. The van der Waals surface area contributed by atoms with Gasteiger partial charge in [-0.25, -0.2) is 4.98 Å². The van der Waals surface area contributed by atoms with Gasteiger partial charge in [-0.1, -0.05) is 0 Å². The van der Waals surface area contributed by atoms with Gasteiger partial charge in [0.2, 0.25) is 0 Å². The number of imidazole rings is 1. The van der Waals surface area contributed by atoms with E-state index in [0.29, 0.717) is 0 Å². The number of carboxylic acids is 1. The van der Waals surface area contributed by atoms with Crippen molar-refractivity contribution in [2.75, 3.05) is 20.1 Å². The summed E-state index contributed by atoms with van der Waals surface area (Å²) < 4.78 is 2.05. The van der Waals surface area contributed by atoms with Crippen molar-refractivity contribution in [1.82, 2.24) is 14.5 Å². The number of rotatable bonds is 8. The Morgan fingerprint density at radius 1 is 1.44 bits per heavy atom. The zero-order valence-electron chi connectivity index (χ0n) is 9.67. The van der Waals surface area contributed by atoms with Crippen molar-refractivity contribution < 1.29 is 9.90 Å². The lowest BCUT2D eigenvalue weighted by atomic mass is 10.3. The van der Waals surface area contributed by atoms with E-state index in [1.54, 1.807) is 6.20 Å². The van der Waals surface area contributed by atoms with Crippen molar-refractivity contribution in [2.24, 2.45) is 0 Å². The Hall–Kier alpha value is -1.36. The van der Waals surface area contributed by atoms with E-state index in [0.717, 1.165) is 32.5 Å². The van der Waals surface area contributed by atoms with Crippen LogP contribution in [0, 0.1) is 0 Å². The third-order valence-corrected chi connectivity index (χ3v) is 2.45. The van der Waals surface area contributed by atoms with Crippen molar-refractivity contribution >= 4 is 5.97 Å². The molecule has 0 aliphatic carbocycles. The molecule has 0 aliphatic heterocycles. The SMILES string of the molecule is CN(CCCC(=O)O)CCCn1ccnc1. The third kappa shape index (κ3) is 5.50. The van der Waals surface area contributed by atoms with Gasteiger partial charge in [0.05, 0.1) is 6.33 Å². The van der Waals surface area contributed by atoms with Crippen LogP contribution in [-0.2, 0) is 11.3 Å². The lowest BCUT2D eigenvalue weighted by Gasteiger charge is -2.15. The van der Waals surface area contributed by atoms with Crippen LogP contribution in [0.25, 0.3) is 0 Å². The lowest BCUT2D eigenvalue weighted by molar-refractivity contribution is -0.137. The van der Waals surface area contributed by atoms with Crippen LogP contribution < -0.4 is 0 Å². The van der Waals surface area contributed by atoms with Gasteiger partial charge < -0.3 is 14.6 Å². The van der Waals surface area contributed by atoms with Crippen molar-refractivity contribution in [1.29, 1.82) is 0 Å². The fraction of sp³-hybridized carbons (Fsp3) is 0.636. The molecule has 0 amide bonds. The van der Waals surface area contributed by atoms with E-state index in [1.165, 1.54) is 0 Å². The summed E-state index contributed by atoms with van der Waals surface area (Å²) in [5.74, 6) is -0.716. The maximum atomic E-state index is 10.3. The number of aryl methyl sites for hydroxylation is 1. The second-order valence-corrected chi connectivity index (χ2v) is 3.95. The van der Waals surface area contributed by atoms with E-state index < -0.39 is 5.97 Å². The molecule has 0 radical (unpaired) electrons. The maximum absolute atomic E-state index is 10.3. The first kappa shape index (κ1) is 12.7. The van der Waals surface area contributed by atoms with E-state index in [9.17, 15) is 4.79 Å². The Bertz CT molecular complexity index is 298. The first-order valence-corrected chi connectivity index (χ1v) is 5.54. The maximum Gasteiger partial charge on any atom is 0.303 e. The molecule has 0 unspecified atom stereocenters. The topological polar surface area (TPSA) is 58.4 Å². The summed E-state index contributed by atoms with van der Waals surface area (Å²) in [5, 5.41) is 8.50. The van der Waals surface area contributed by atoms with Gasteiger partial charge >= 0.3 is 5.97 Å². The van der Waals surface area contributed by atoms with Gasteiger partial charge in [-0.3, -0.25) is 4.79 Å². The number of hydrogen-bond donors (Lipinski definition) is 1. The highest BCUT2D eigenvalue weighted by Gasteiger charge is 2.01. The summed E-state index contributed by atoms with van der Waals surface area (Å²) in [6.45, 7) is 2.79. The largest absolute Gasteiger partial charge is 0.481 e. The van der Waals surface area contributed by atoms with Crippen molar-refractivity contribution in [2.45, 2.75) is 25.8 Å². The predicted molar refractivity (Wildman–Crippen MR) is 61.2 cm³/mol. The molecule has 16 heavy (non-hydrogen) atoms. The Morgan fingerprint density at radius 3 is 2.81 bits per heavy atom. The van der Waals surface area contributed by atoms with Crippen LogP contribution in [0.3, 0.4) is 0 Å². The second-order valence-electron chi connectivity index (χ2n) is 3.95. The van der Waals surface area contributed by atoms with Gasteiger partial charge in [0.25, 0.3) is 0 Å². The van der Waals surface area contributed by atoms with Crippen LogP contribution in [0.2, 0.25) is 0 Å². The van der Waals surface area contributed by atoms with Gasteiger partial charge in [0, 0.05) is 25.4 Å². The summed E-state index contributed by atoms with van der Waals surface area (Å²) in [4.78, 5) is 16.5. The molecular formula is C11H19N3O2. The molecular weight excluding hydrogens is 206 g/mol. The van der Waals surface area contributed by atoms with Gasteiger partial charge in [-0.2, -0.15) is 0 Å². The zero-order valence-corrected chi connectivity index (χ0v) is 9.67. The highest BCUT2D eigenvalue weighted by atomic mass is 16.4. The number of carboxylic acid groups (broad SMARTS) is 1. The molecule has 5 heteroatoms. The molecule has 0 atom stereocenters. The quantitative estimate of drug-likeness (QED) is 0.719. The highest BCUT2D eigenvalue weighted by Crippen LogP contribution is 1.96. The van der Waals surface area contributed by atoms with E-state index in [2.05, 4.69) is 9.88 Å². The molecule has 0 bridgehead atoms. The normalized spacial score (nSPS) is 10.9. The van der Waals surface area contributed by atoms with Crippen LogP contribution >= 0.6 is 0 Å². The molecule has 1 heterocycles.